The molecule has 1 aromatic heterocycles. The van der Waals surface area contributed by atoms with Crippen LogP contribution in [-0.4, -0.2) is 16.9 Å². The van der Waals surface area contributed by atoms with Gasteiger partial charge in [0.05, 0.1) is 18.4 Å². The van der Waals surface area contributed by atoms with Gasteiger partial charge < -0.3 is 10.1 Å². The van der Waals surface area contributed by atoms with Crippen molar-refractivity contribution in [3.05, 3.63) is 47.3 Å². The minimum absolute atomic E-state index is 0.554. The molecule has 5 heteroatoms. The van der Waals surface area contributed by atoms with E-state index in [-0.39, 0.29) is 0 Å². The van der Waals surface area contributed by atoms with Crippen LogP contribution in [0.2, 0.25) is 0 Å². The molecule has 2 rings (SSSR count). The summed E-state index contributed by atoms with van der Waals surface area (Å²) in [5.74, 6) is 0.613. The first-order chi connectivity index (χ1) is 9.24. The van der Waals surface area contributed by atoms with E-state index in [4.69, 9.17) is 10.00 Å². The molecule has 0 saturated carbocycles. The Morgan fingerprint density at radius 1 is 1.37 bits per heavy atom. The Labute approximate surface area is 112 Å². The van der Waals surface area contributed by atoms with Crippen molar-refractivity contribution in [3.8, 4) is 11.8 Å². The summed E-state index contributed by atoms with van der Waals surface area (Å²) in [6, 6.07) is 9.67. The Morgan fingerprint density at radius 3 is 2.84 bits per heavy atom. The second-order valence-corrected chi connectivity index (χ2v) is 4.20. The summed E-state index contributed by atoms with van der Waals surface area (Å²) in [5.41, 5.74) is 2.76. The van der Waals surface area contributed by atoms with E-state index in [0.717, 1.165) is 17.8 Å². The minimum Gasteiger partial charge on any atom is -0.495 e. The Morgan fingerprint density at radius 2 is 2.21 bits per heavy atom. The van der Waals surface area contributed by atoms with Crippen LogP contribution in [0, 0.1) is 11.3 Å². The lowest BCUT2D eigenvalue weighted by molar-refractivity contribution is 0.412. The monoisotopic (exact) mass is 256 g/mol. The van der Waals surface area contributed by atoms with Gasteiger partial charge in [-0.2, -0.15) is 10.4 Å². The van der Waals surface area contributed by atoms with Gasteiger partial charge in [0, 0.05) is 26.3 Å². The average molecular weight is 256 g/mol. The van der Waals surface area contributed by atoms with Crippen LogP contribution in [0.4, 0.5) is 0 Å². The number of nitrogens with one attached hydrogen (secondary N) is 1. The summed E-state index contributed by atoms with van der Waals surface area (Å²) in [6.45, 7) is 1.46. The van der Waals surface area contributed by atoms with Crippen molar-refractivity contribution in [2.24, 2.45) is 7.05 Å². The first kappa shape index (κ1) is 13.1. The van der Waals surface area contributed by atoms with Crippen LogP contribution in [-0.2, 0) is 20.1 Å². The molecule has 0 aliphatic rings. The number of hydrogen-bond donors (Lipinski definition) is 1. The lowest BCUT2D eigenvalue weighted by Gasteiger charge is -2.08. The molecule has 0 aliphatic heterocycles. The third-order valence-corrected chi connectivity index (χ3v) is 2.94. The first-order valence-electron chi connectivity index (χ1n) is 5.99. The Hall–Kier alpha value is -2.32. The maximum Gasteiger partial charge on any atom is 0.136 e. The van der Waals surface area contributed by atoms with Crippen molar-refractivity contribution in [2.45, 2.75) is 13.1 Å². The highest BCUT2D eigenvalue weighted by Gasteiger charge is 2.04. The number of ether oxygens (including phenoxy) is 1. The largest absolute Gasteiger partial charge is 0.495 e. The van der Waals surface area contributed by atoms with Crippen LogP contribution < -0.4 is 10.1 Å². The van der Waals surface area contributed by atoms with E-state index in [1.807, 2.05) is 29.9 Å². The zero-order chi connectivity index (χ0) is 13.7. The summed E-state index contributed by atoms with van der Waals surface area (Å²) >= 11 is 0. The number of aromatic nitrogens is 2. The topological polar surface area (TPSA) is 62.9 Å². The Bertz CT molecular complexity index is 598. The van der Waals surface area contributed by atoms with E-state index >= 15 is 0 Å². The van der Waals surface area contributed by atoms with Gasteiger partial charge in [-0.25, -0.2) is 0 Å². The zero-order valence-electron chi connectivity index (χ0n) is 11.1. The quantitative estimate of drug-likeness (QED) is 0.882. The molecule has 19 heavy (non-hydrogen) atoms. The van der Waals surface area contributed by atoms with Gasteiger partial charge in [-0.15, -0.1) is 0 Å². The number of nitriles is 1. The molecule has 0 radical (unpaired) electrons. The van der Waals surface area contributed by atoms with Crippen LogP contribution in [0.3, 0.4) is 0 Å². The predicted octanol–water partition coefficient (Wildman–Crippen LogP) is 1.59. The predicted molar refractivity (Wildman–Crippen MR) is 71.5 cm³/mol. The molecule has 0 aliphatic carbocycles. The maximum atomic E-state index is 8.92. The van der Waals surface area contributed by atoms with Crippen molar-refractivity contribution in [3.63, 3.8) is 0 Å². The van der Waals surface area contributed by atoms with E-state index in [1.54, 1.807) is 19.4 Å². The molecule has 0 bridgehead atoms. The van der Waals surface area contributed by atoms with Crippen molar-refractivity contribution in [2.75, 3.05) is 7.11 Å². The second-order valence-electron chi connectivity index (χ2n) is 4.20. The smallest absolute Gasteiger partial charge is 0.136 e. The molecule has 1 N–H and O–H groups in total. The Balaban J connectivity index is 1.97. The van der Waals surface area contributed by atoms with Gasteiger partial charge in [0.25, 0.3) is 0 Å². The number of rotatable bonds is 5. The number of methoxy groups -OCH3 is 1. The zero-order valence-corrected chi connectivity index (χ0v) is 11.1. The number of benzene rings is 1. The normalized spacial score (nSPS) is 10.2. The molecule has 1 aromatic carbocycles. The molecule has 1 heterocycles. The lowest BCUT2D eigenvalue weighted by Crippen LogP contribution is -2.15. The van der Waals surface area contributed by atoms with Gasteiger partial charge in [-0.3, -0.25) is 4.68 Å². The summed E-state index contributed by atoms with van der Waals surface area (Å²) in [7, 11) is 3.49. The van der Waals surface area contributed by atoms with E-state index < -0.39 is 0 Å². The van der Waals surface area contributed by atoms with Crippen LogP contribution in [0.1, 0.15) is 16.8 Å². The molecule has 0 unspecified atom stereocenters. The van der Waals surface area contributed by atoms with Gasteiger partial charge in [0.1, 0.15) is 11.8 Å². The molecule has 0 fully saturated rings. The summed E-state index contributed by atoms with van der Waals surface area (Å²) in [5, 5.41) is 16.4. The second kappa shape index (κ2) is 6.03. The molecular formula is C14H16N4O. The van der Waals surface area contributed by atoms with Crippen molar-refractivity contribution in [1.29, 1.82) is 5.26 Å². The van der Waals surface area contributed by atoms with Gasteiger partial charge in [-0.05, 0) is 23.8 Å². The molecule has 0 amide bonds. The van der Waals surface area contributed by atoms with E-state index in [9.17, 15) is 0 Å². The van der Waals surface area contributed by atoms with Gasteiger partial charge in [-0.1, -0.05) is 6.07 Å². The summed E-state index contributed by atoms with van der Waals surface area (Å²) < 4.78 is 7.02. The summed E-state index contributed by atoms with van der Waals surface area (Å²) in [6.07, 6.45) is 1.78. The molecule has 2 aromatic rings. The molecule has 98 valence electrons. The van der Waals surface area contributed by atoms with Crippen molar-refractivity contribution < 1.29 is 4.74 Å². The van der Waals surface area contributed by atoms with Gasteiger partial charge in [0.15, 0.2) is 0 Å². The first-order valence-corrected chi connectivity index (χ1v) is 5.99. The maximum absolute atomic E-state index is 8.92. The number of hydrogen-bond acceptors (Lipinski definition) is 4. The van der Waals surface area contributed by atoms with E-state index in [2.05, 4.69) is 16.5 Å². The van der Waals surface area contributed by atoms with Crippen LogP contribution in [0.5, 0.6) is 5.75 Å². The van der Waals surface area contributed by atoms with Crippen LogP contribution in [0.15, 0.2) is 30.5 Å². The molecule has 0 spiro atoms. The third-order valence-electron chi connectivity index (χ3n) is 2.94. The highest BCUT2D eigenvalue weighted by atomic mass is 16.5. The minimum atomic E-state index is 0.554. The molecule has 0 saturated heterocycles. The summed E-state index contributed by atoms with van der Waals surface area (Å²) in [4.78, 5) is 0. The molecular weight excluding hydrogens is 240 g/mol. The highest BCUT2D eigenvalue weighted by Crippen LogP contribution is 2.19. The number of aryl methyl sites for hydroxylation is 1. The number of nitrogens with zero attached hydrogens (tertiary/aromatic N) is 3. The third kappa shape index (κ3) is 3.12. The van der Waals surface area contributed by atoms with Crippen molar-refractivity contribution >= 4 is 0 Å². The fraction of sp³-hybridized carbons (Fsp3) is 0.286. The SMILES string of the molecule is COc1cc(CNCc2ccnn2C)ccc1C#N. The lowest BCUT2D eigenvalue weighted by atomic mass is 10.1. The van der Waals surface area contributed by atoms with E-state index in [0.29, 0.717) is 17.9 Å². The average Bonchev–Trinajstić information content (AvgIpc) is 2.84. The Kier molecular flexibility index (Phi) is 4.16. The highest BCUT2D eigenvalue weighted by molar-refractivity contribution is 5.45. The van der Waals surface area contributed by atoms with Gasteiger partial charge >= 0.3 is 0 Å². The fourth-order valence-electron chi connectivity index (χ4n) is 1.85. The molecule has 5 nitrogen and oxygen atoms in total. The van der Waals surface area contributed by atoms with Crippen molar-refractivity contribution in [1.82, 2.24) is 15.1 Å². The molecule has 0 atom stereocenters. The van der Waals surface area contributed by atoms with Gasteiger partial charge in [0.2, 0.25) is 0 Å². The van der Waals surface area contributed by atoms with Crippen LogP contribution >= 0.6 is 0 Å². The van der Waals surface area contributed by atoms with E-state index in [1.165, 1.54) is 0 Å². The van der Waals surface area contributed by atoms with Crippen LogP contribution in [0.25, 0.3) is 0 Å². The fourth-order valence-corrected chi connectivity index (χ4v) is 1.85. The standard InChI is InChI=1S/C14H16N4O/c1-18-13(5-6-17-18)10-16-9-11-3-4-12(8-15)14(7-11)19-2/h3-7,16H,9-10H2,1-2H3.